The standard InChI is InChI=1S/C19H30N4O2/c1-14(2)23-9-5-7-17(13-23)12-21-19(25)20-11-16-6-4-8-18(10-16)22-15(3)24/h4,6,8,10,14,17H,5,7,9,11-13H2,1-3H3,(H,22,24)(H2,20,21,25). The molecule has 1 aliphatic rings. The molecule has 1 unspecified atom stereocenters. The highest BCUT2D eigenvalue weighted by molar-refractivity contribution is 5.88. The maximum atomic E-state index is 12.0. The Labute approximate surface area is 150 Å². The van der Waals surface area contributed by atoms with Crippen molar-refractivity contribution in [3.8, 4) is 0 Å². The van der Waals surface area contributed by atoms with Crippen molar-refractivity contribution in [1.29, 1.82) is 0 Å². The first-order chi connectivity index (χ1) is 11.9. The van der Waals surface area contributed by atoms with Gasteiger partial charge in [0.05, 0.1) is 0 Å². The van der Waals surface area contributed by atoms with E-state index in [0.717, 1.165) is 24.3 Å². The minimum absolute atomic E-state index is 0.106. The lowest BCUT2D eigenvalue weighted by molar-refractivity contribution is -0.114. The SMILES string of the molecule is CC(=O)Nc1cccc(CNC(=O)NCC2CCCN(C(C)C)C2)c1. The molecule has 1 saturated heterocycles. The number of anilines is 1. The van der Waals surface area contributed by atoms with Gasteiger partial charge in [0.2, 0.25) is 5.91 Å². The summed E-state index contributed by atoms with van der Waals surface area (Å²) < 4.78 is 0. The van der Waals surface area contributed by atoms with E-state index in [1.165, 1.54) is 19.8 Å². The summed E-state index contributed by atoms with van der Waals surface area (Å²) in [6, 6.07) is 7.90. The number of carbonyl (C=O) groups is 2. The molecule has 2 rings (SSSR count). The summed E-state index contributed by atoms with van der Waals surface area (Å²) in [5.74, 6) is 0.413. The van der Waals surface area contributed by atoms with Crippen molar-refractivity contribution in [2.75, 3.05) is 25.0 Å². The molecule has 1 aliphatic heterocycles. The van der Waals surface area contributed by atoms with Gasteiger partial charge in [0.25, 0.3) is 0 Å². The van der Waals surface area contributed by atoms with E-state index in [1.807, 2.05) is 24.3 Å². The van der Waals surface area contributed by atoms with Crippen LogP contribution in [0.3, 0.4) is 0 Å². The van der Waals surface area contributed by atoms with Crippen LogP contribution in [0, 0.1) is 5.92 Å². The molecule has 0 saturated carbocycles. The topological polar surface area (TPSA) is 73.5 Å². The second-order valence-electron chi connectivity index (χ2n) is 7.04. The number of benzene rings is 1. The number of nitrogens with zero attached hydrogens (tertiary/aromatic N) is 1. The number of hydrogen-bond donors (Lipinski definition) is 3. The normalized spacial score (nSPS) is 18.0. The lowest BCUT2D eigenvalue weighted by Gasteiger charge is -2.35. The first kappa shape index (κ1) is 19.2. The number of amides is 3. The first-order valence-corrected chi connectivity index (χ1v) is 9.06. The highest BCUT2D eigenvalue weighted by atomic mass is 16.2. The van der Waals surface area contributed by atoms with Crippen LogP contribution >= 0.6 is 0 Å². The van der Waals surface area contributed by atoms with E-state index >= 15 is 0 Å². The van der Waals surface area contributed by atoms with Crippen LogP contribution in [0.15, 0.2) is 24.3 Å². The summed E-state index contributed by atoms with van der Waals surface area (Å²) in [6.07, 6.45) is 2.37. The average molecular weight is 346 g/mol. The van der Waals surface area contributed by atoms with Crippen LogP contribution in [0.25, 0.3) is 0 Å². The number of likely N-dealkylation sites (tertiary alicyclic amines) is 1. The molecule has 0 spiro atoms. The van der Waals surface area contributed by atoms with Crippen LogP contribution in [0.2, 0.25) is 0 Å². The first-order valence-electron chi connectivity index (χ1n) is 9.06. The molecule has 1 atom stereocenters. The molecule has 1 aromatic carbocycles. The molecule has 1 fully saturated rings. The van der Waals surface area contributed by atoms with Gasteiger partial charge in [-0.3, -0.25) is 4.79 Å². The van der Waals surface area contributed by atoms with Gasteiger partial charge in [-0.2, -0.15) is 0 Å². The summed E-state index contributed by atoms with van der Waals surface area (Å²) in [7, 11) is 0. The third kappa shape index (κ3) is 6.74. The Morgan fingerprint density at radius 2 is 2.08 bits per heavy atom. The molecule has 138 valence electrons. The fraction of sp³-hybridized carbons (Fsp3) is 0.579. The molecule has 1 heterocycles. The Balaban J connectivity index is 1.73. The van der Waals surface area contributed by atoms with Gasteiger partial charge in [0, 0.05) is 38.3 Å². The van der Waals surface area contributed by atoms with Gasteiger partial charge in [-0.05, 0) is 56.8 Å². The minimum Gasteiger partial charge on any atom is -0.338 e. The number of piperidine rings is 1. The number of rotatable bonds is 6. The van der Waals surface area contributed by atoms with E-state index < -0.39 is 0 Å². The van der Waals surface area contributed by atoms with E-state index in [4.69, 9.17) is 0 Å². The maximum Gasteiger partial charge on any atom is 0.315 e. The molecule has 6 heteroatoms. The summed E-state index contributed by atoms with van der Waals surface area (Å²) in [5, 5.41) is 8.60. The number of urea groups is 1. The number of carbonyl (C=O) groups excluding carboxylic acids is 2. The second kappa shape index (κ2) is 9.42. The van der Waals surface area contributed by atoms with E-state index in [1.54, 1.807) is 0 Å². The van der Waals surface area contributed by atoms with Crippen LogP contribution in [0.4, 0.5) is 10.5 Å². The summed E-state index contributed by atoms with van der Waals surface area (Å²) in [4.78, 5) is 25.6. The maximum absolute atomic E-state index is 12.0. The van der Waals surface area contributed by atoms with Gasteiger partial charge < -0.3 is 20.9 Å². The molecule has 6 nitrogen and oxygen atoms in total. The van der Waals surface area contributed by atoms with Crippen LogP contribution < -0.4 is 16.0 Å². The molecule has 0 bridgehead atoms. The molecule has 3 N–H and O–H groups in total. The molecular weight excluding hydrogens is 316 g/mol. The van der Waals surface area contributed by atoms with Gasteiger partial charge in [-0.1, -0.05) is 12.1 Å². The number of hydrogen-bond acceptors (Lipinski definition) is 3. The molecule has 0 radical (unpaired) electrons. The van der Waals surface area contributed by atoms with Crippen LogP contribution in [0.1, 0.15) is 39.2 Å². The van der Waals surface area contributed by atoms with Gasteiger partial charge in [0.15, 0.2) is 0 Å². The fourth-order valence-electron chi connectivity index (χ4n) is 3.18. The monoisotopic (exact) mass is 346 g/mol. The summed E-state index contributed by atoms with van der Waals surface area (Å²) in [5.41, 5.74) is 1.69. The molecular formula is C19H30N4O2. The largest absolute Gasteiger partial charge is 0.338 e. The zero-order chi connectivity index (χ0) is 18.2. The van der Waals surface area contributed by atoms with Crippen molar-refractivity contribution in [2.45, 2.75) is 46.2 Å². The Morgan fingerprint density at radius 3 is 2.80 bits per heavy atom. The van der Waals surface area contributed by atoms with Crippen LogP contribution in [-0.2, 0) is 11.3 Å². The molecule has 1 aromatic rings. The van der Waals surface area contributed by atoms with E-state index in [0.29, 0.717) is 25.0 Å². The Kier molecular flexibility index (Phi) is 7.25. The van der Waals surface area contributed by atoms with Gasteiger partial charge in [-0.15, -0.1) is 0 Å². The van der Waals surface area contributed by atoms with Gasteiger partial charge in [-0.25, -0.2) is 4.79 Å². The minimum atomic E-state index is -0.147. The molecule has 3 amide bonds. The predicted molar refractivity (Wildman–Crippen MR) is 100 cm³/mol. The molecule has 0 aliphatic carbocycles. The second-order valence-corrected chi connectivity index (χ2v) is 7.04. The van der Waals surface area contributed by atoms with Crippen molar-refractivity contribution in [2.24, 2.45) is 5.92 Å². The van der Waals surface area contributed by atoms with Crippen molar-refractivity contribution in [1.82, 2.24) is 15.5 Å². The third-order valence-corrected chi connectivity index (χ3v) is 4.53. The zero-order valence-corrected chi connectivity index (χ0v) is 15.5. The van der Waals surface area contributed by atoms with Gasteiger partial charge in [0.1, 0.15) is 0 Å². The van der Waals surface area contributed by atoms with Crippen LogP contribution in [0.5, 0.6) is 0 Å². The quantitative estimate of drug-likeness (QED) is 0.741. The fourth-order valence-corrected chi connectivity index (χ4v) is 3.18. The van der Waals surface area contributed by atoms with Crippen LogP contribution in [-0.4, -0.2) is 42.5 Å². The highest BCUT2D eigenvalue weighted by Crippen LogP contribution is 2.17. The summed E-state index contributed by atoms with van der Waals surface area (Å²) >= 11 is 0. The number of nitrogens with one attached hydrogen (secondary N) is 3. The van der Waals surface area contributed by atoms with E-state index in [2.05, 4.69) is 34.7 Å². The van der Waals surface area contributed by atoms with Gasteiger partial charge >= 0.3 is 6.03 Å². The lowest BCUT2D eigenvalue weighted by atomic mass is 9.97. The molecule has 25 heavy (non-hydrogen) atoms. The van der Waals surface area contributed by atoms with E-state index in [-0.39, 0.29) is 11.9 Å². The lowest BCUT2D eigenvalue weighted by Crippen LogP contribution is -2.45. The molecule has 0 aromatic heterocycles. The van der Waals surface area contributed by atoms with Crippen molar-refractivity contribution < 1.29 is 9.59 Å². The smallest absolute Gasteiger partial charge is 0.315 e. The predicted octanol–water partition coefficient (Wildman–Crippen LogP) is 2.56. The third-order valence-electron chi connectivity index (χ3n) is 4.53. The Bertz CT molecular complexity index is 589. The Morgan fingerprint density at radius 1 is 1.28 bits per heavy atom. The Hall–Kier alpha value is -2.08. The zero-order valence-electron chi connectivity index (χ0n) is 15.5. The van der Waals surface area contributed by atoms with Crippen molar-refractivity contribution in [3.63, 3.8) is 0 Å². The summed E-state index contributed by atoms with van der Waals surface area (Å²) in [6.45, 7) is 9.27. The van der Waals surface area contributed by atoms with Crippen molar-refractivity contribution in [3.05, 3.63) is 29.8 Å². The van der Waals surface area contributed by atoms with Crippen molar-refractivity contribution >= 4 is 17.6 Å². The highest BCUT2D eigenvalue weighted by Gasteiger charge is 2.21. The average Bonchev–Trinajstić information content (AvgIpc) is 2.58. The van der Waals surface area contributed by atoms with E-state index in [9.17, 15) is 9.59 Å².